The molecule has 3 heteroatoms. The molecular weight excluding hydrogens is 166 g/mol. The van der Waals surface area contributed by atoms with Gasteiger partial charge in [-0.15, -0.1) is 0 Å². The Labute approximate surface area is 80.3 Å². The highest BCUT2D eigenvalue weighted by Gasteiger charge is 2.56. The predicted octanol–water partition coefficient (Wildman–Crippen LogP) is 0.901. The van der Waals surface area contributed by atoms with E-state index in [9.17, 15) is 5.11 Å². The number of hydrogen-bond donors (Lipinski definition) is 2. The fourth-order valence-corrected chi connectivity index (χ4v) is 2.17. The van der Waals surface area contributed by atoms with E-state index in [2.05, 4.69) is 6.92 Å². The zero-order chi connectivity index (χ0) is 10.1. The van der Waals surface area contributed by atoms with Crippen molar-refractivity contribution in [1.29, 1.82) is 0 Å². The lowest BCUT2D eigenvalue weighted by atomic mass is 9.59. The molecule has 3 atom stereocenters. The van der Waals surface area contributed by atoms with Gasteiger partial charge in [0, 0.05) is 19.1 Å². The molecule has 0 bridgehead atoms. The Morgan fingerprint density at radius 1 is 1.69 bits per heavy atom. The second-order valence-electron chi connectivity index (χ2n) is 4.31. The molecule has 0 radical (unpaired) electrons. The number of hydrogen-bond acceptors (Lipinski definition) is 3. The van der Waals surface area contributed by atoms with Crippen LogP contribution in [0.4, 0.5) is 0 Å². The lowest BCUT2D eigenvalue weighted by molar-refractivity contribution is -0.220. The van der Waals surface area contributed by atoms with Crippen molar-refractivity contribution in [3.63, 3.8) is 0 Å². The van der Waals surface area contributed by atoms with Gasteiger partial charge in [-0.3, -0.25) is 0 Å². The van der Waals surface area contributed by atoms with Crippen LogP contribution in [0.1, 0.15) is 33.1 Å². The number of rotatable bonds is 4. The van der Waals surface area contributed by atoms with Gasteiger partial charge in [0.05, 0.1) is 11.7 Å². The van der Waals surface area contributed by atoms with Crippen LogP contribution in [-0.4, -0.2) is 30.5 Å². The third-order valence-electron chi connectivity index (χ3n) is 3.88. The molecule has 1 saturated carbocycles. The van der Waals surface area contributed by atoms with Crippen molar-refractivity contribution >= 4 is 0 Å². The van der Waals surface area contributed by atoms with Crippen molar-refractivity contribution in [2.75, 3.05) is 13.7 Å². The highest BCUT2D eigenvalue weighted by molar-refractivity contribution is 5.08. The maximum atomic E-state index is 10.4. The smallest absolute Gasteiger partial charge is 0.0974 e. The van der Waals surface area contributed by atoms with E-state index in [-0.39, 0.29) is 11.5 Å². The maximum Gasteiger partial charge on any atom is 0.0974 e. The van der Waals surface area contributed by atoms with Gasteiger partial charge in [0.15, 0.2) is 0 Å². The summed E-state index contributed by atoms with van der Waals surface area (Å²) in [7, 11) is 1.65. The molecule has 0 aliphatic heterocycles. The summed E-state index contributed by atoms with van der Waals surface area (Å²) < 4.78 is 5.25. The Bertz CT molecular complexity index is 178. The minimum absolute atomic E-state index is 0.0269. The molecule has 0 aromatic heterocycles. The lowest BCUT2D eigenvalue weighted by Crippen LogP contribution is -2.64. The van der Waals surface area contributed by atoms with Gasteiger partial charge in [-0.25, -0.2) is 0 Å². The van der Waals surface area contributed by atoms with E-state index in [0.29, 0.717) is 6.54 Å². The molecule has 0 amide bonds. The number of methoxy groups -OCH3 is 1. The Kier molecular flexibility index (Phi) is 3.00. The first-order valence-corrected chi connectivity index (χ1v) is 4.99. The minimum Gasteiger partial charge on any atom is -0.387 e. The van der Waals surface area contributed by atoms with Gasteiger partial charge < -0.3 is 15.6 Å². The molecule has 1 aliphatic rings. The standard InChI is InChI=1S/C10H21NO2/c1-4-9(2,7-11)10(12)6-5-8(10)13-3/h8,12H,4-7,11H2,1-3H3. The highest BCUT2D eigenvalue weighted by Crippen LogP contribution is 2.48. The van der Waals surface area contributed by atoms with Crippen molar-refractivity contribution in [3.05, 3.63) is 0 Å². The van der Waals surface area contributed by atoms with Crippen LogP contribution in [0.2, 0.25) is 0 Å². The van der Waals surface area contributed by atoms with Crippen molar-refractivity contribution in [1.82, 2.24) is 0 Å². The molecule has 1 aliphatic carbocycles. The molecule has 1 rings (SSSR count). The van der Waals surface area contributed by atoms with Crippen LogP contribution in [-0.2, 0) is 4.74 Å². The predicted molar refractivity (Wildman–Crippen MR) is 52.4 cm³/mol. The van der Waals surface area contributed by atoms with E-state index in [1.165, 1.54) is 0 Å². The van der Waals surface area contributed by atoms with Crippen LogP contribution in [0.3, 0.4) is 0 Å². The summed E-state index contributed by atoms with van der Waals surface area (Å²) in [6.45, 7) is 4.62. The molecule has 13 heavy (non-hydrogen) atoms. The summed E-state index contributed by atoms with van der Waals surface area (Å²) in [6.07, 6.45) is 2.62. The SMILES string of the molecule is CCC(C)(CN)C1(O)CCC1OC. The van der Waals surface area contributed by atoms with Gasteiger partial charge in [-0.05, 0) is 19.3 Å². The topological polar surface area (TPSA) is 55.5 Å². The van der Waals surface area contributed by atoms with Crippen LogP contribution in [0.15, 0.2) is 0 Å². The summed E-state index contributed by atoms with van der Waals surface area (Å²) >= 11 is 0. The molecular formula is C10H21NO2. The van der Waals surface area contributed by atoms with Gasteiger partial charge in [0.25, 0.3) is 0 Å². The van der Waals surface area contributed by atoms with Gasteiger partial charge >= 0.3 is 0 Å². The first kappa shape index (κ1) is 11.0. The van der Waals surface area contributed by atoms with E-state index in [1.54, 1.807) is 7.11 Å². The summed E-state index contributed by atoms with van der Waals surface area (Å²) in [6, 6.07) is 0. The number of ether oxygens (including phenoxy) is 1. The van der Waals surface area contributed by atoms with Crippen molar-refractivity contribution in [3.8, 4) is 0 Å². The van der Waals surface area contributed by atoms with Gasteiger partial charge in [0.1, 0.15) is 0 Å². The zero-order valence-electron chi connectivity index (χ0n) is 8.84. The largest absolute Gasteiger partial charge is 0.387 e. The zero-order valence-corrected chi connectivity index (χ0v) is 8.84. The minimum atomic E-state index is -0.703. The molecule has 0 saturated heterocycles. The molecule has 78 valence electrons. The molecule has 3 nitrogen and oxygen atoms in total. The fourth-order valence-electron chi connectivity index (χ4n) is 2.17. The first-order chi connectivity index (χ1) is 6.04. The maximum absolute atomic E-state index is 10.4. The molecule has 3 N–H and O–H groups in total. The first-order valence-electron chi connectivity index (χ1n) is 4.99. The molecule has 0 aromatic rings. The van der Waals surface area contributed by atoms with E-state index < -0.39 is 5.60 Å². The summed E-state index contributed by atoms with van der Waals surface area (Å²) in [4.78, 5) is 0. The van der Waals surface area contributed by atoms with Gasteiger partial charge in [-0.2, -0.15) is 0 Å². The van der Waals surface area contributed by atoms with Crippen LogP contribution in [0.25, 0.3) is 0 Å². The number of nitrogens with two attached hydrogens (primary N) is 1. The van der Waals surface area contributed by atoms with E-state index in [0.717, 1.165) is 19.3 Å². The third kappa shape index (κ3) is 1.39. The van der Waals surface area contributed by atoms with E-state index in [1.807, 2.05) is 6.92 Å². The normalized spacial score (nSPS) is 38.1. The molecule has 0 spiro atoms. The Hall–Kier alpha value is -0.120. The second kappa shape index (κ2) is 3.56. The van der Waals surface area contributed by atoms with Crippen molar-refractivity contribution in [2.45, 2.75) is 44.8 Å². The Morgan fingerprint density at radius 3 is 2.54 bits per heavy atom. The van der Waals surface area contributed by atoms with Crippen LogP contribution in [0.5, 0.6) is 0 Å². The number of aliphatic hydroxyl groups is 1. The molecule has 1 fully saturated rings. The Morgan fingerprint density at radius 2 is 2.31 bits per heavy atom. The van der Waals surface area contributed by atoms with E-state index >= 15 is 0 Å². The van der Waals surface area contributed by atoms with Crippen LogP contribution in [0, 0.1) is 5.41 Å². The van der Waals surface area contributed by atoms with Gasteiger partial charge in [0.2, 0.25) is 0 Å². The summed E-state index contributed by atoms with van der Waals surface area (Å²) in [5.74, 6) is 0. The monoisotopic (exact) mass is 187 g/mol. The molecule has 3 unspecified atom stereocenters. The van der Waals surface area contributed by atoms with Crippen molar-refractivity contribution in [2.24, 2.45) is 11.1 Å². The molecule has 0 heterocycles. The van der Waals surface area contributed by atoms with Crippen LogP contribution < -0.4 is 5.73 Å². The Balaban J connectivity index is 2.78. The molecule has 0 aromatic carbocycles. The highest BCUT2D eigenvalue weighted by atomic mass is 16.5. The summed E-state index contributed by atoms with van der Waals surface area (Å²) in [5.41, 5.74) is 4.81. The summed E-state index contributed by atoms with van der Waals surface area (Å²) in [5, 5.41) is 10.4. The second-order valence-corrected chi connectivity index (χ2v) is 4.31. The lowest BCUT2D eigenvalue weighted by Gasteiger charge is -2.54. The average molecular weight is 187 g/mol. The van der Waals surface area contributed by atoms with Gasteiger partial charge in [-0.1, -0.05) is 13.8 Å². The fraction of sp³-hybridized carbons (Fsp3) is 1.00. The van der Waals surface area contributed by atoms with E-state index in [4.69, 9.17) is 10.5 Å². The third-order valence-corrected chi connectivity index (χ3v) is 3.88. The average Bonchev–Trinajstić information content (AvgIpc) is 2.14. The van der Waals surface area contributed by atoms with Crippen LogP contribution >= 0.6 is 0 Å². The van der Waals surface area contributed by atoms with Crippen molar-refractivity contribution < 1.29 is 9.84 Å². The quantitative estimate of drug-likeness (QED) is 0.687.